The van der Waals surface area contributed by atoms with E-state index in [4.69, 9.17) is 4.74 Å². The third kappa shape index (κ3) is 6.38. The third-order valence-electron chi connectivity index (χ3n) is 2.50. The van der Waals surface area contributed by atoms with E-state index >= 15 is 0 Å². The fraction of sp³-hybridized carbons (Fsp3) is 0.917. The molecule has 0 aromatic heterocycles. The first-order valence-electron chi connectivity index (χ1n) is 6.34. The highest BCUT2D eigenvalue weighted by molar-refractivity contribution is 8.13. The van der Waals surface area contributed by atoms with Crippen LogP contribution in [0.1, 0.15) is 39.5 Å². The number of nitrogens with one attached hydrogen (secondary N) is 1. The first kappa shape index (κ1) is 13.8. The van der Waals surface area contributed by atoms with E-state index in [0.717, 1.165) is 31.3 Å². The minimum Gasteiger partial charge on any atom is -0.381 e. The summed E-state index contributed by atoms with van der Waals surface area (Å²) in [6.45, 7) is 7.02. The molecular weight excluding hydrogens is 220 g/mol. The van der Waals surface area contributed by atoms with Gasteiger partial charge in [-0.05, 0) is 26.2 Å². The average molecular weight is 244 g/mol. The van der Waals surface area contributed by atoms with Crippen LogP contribution in [0.5, 0.6) is 0 Å². The van der Waals surface area contributed by atoms with Crippen molar-refractivity contribution in [3.05, 3.63) is 0 Å². The van der Waals surface area contributed by atoms with Crippen LogP contribution in [-0.4, -0.2) is 36.7 Å². The number of hydrogen-bond acceptors (Lipinski definition) is 3. The molecule has 0 aromatic rings. The van der Waals surface area contributed by atoms with Crippen molar-refractivity contribution in [2.45, 2.75) is 45.6 Å². The molecule has 1 rings (SSSR count). The average Bonchev–Trinajstić information content (AvgIpc) is 2.28. The van der Waals surface area contributed by atoms with Crippen molar-refractivity contribution < 1.29 is 4.74 Å². The second-order valence-corrected chi connectivity index (χ2v) is 5.27. The number of rotatable bonds is 7. The number of amidine groups is 1. The highest BCUT2D eigenvalue weighted by Gasteiger charge is 2.12. The van der Waals surface area contributed by atoms with Crippen LogP contribution in [0.15, 0.2) is 4.99 Å². The largest absolute Gasteiger partial charge is 0.381 e. The minimum absolute atomic E-state index is 0.584. The molecular formula is C12H24N2OS. The van der Waals surface area contributed by atoms with Gasteiger partial charge in [-0.1, -0.05) is 25.1 Å². The summed E-state index contributed by atoms with van der Waals surface area (Å²) in [6, 6.07) is 0.584. The smallest absolute Gasteiger partial charge is 0.156 e. The standard InChI is InChI=1S/C12H24N2OS/c1-3-4-8-15-9-5-7-13-12-14-11(2)6-10-16-12/h11H,3-10H2,1-2H3,(H,13,14). The normalized spacial score (nSPS) is 23.4. The third-order valence-corrected chi connectivity index (χ3v) is 3.46. The van der Waals surface area contributed by atoms with Crippen molar-refractivity contribution in [3.63, 3.8) is 0 Å². The van der Waals surface area contributed by atoms with Crippen LogP contribution in [0.3, 0.4) is 0 Å². The Kier molecular flexibility index (Phi) is 7.68. The highest BCUT2D eigenvalue weighted by Crippen LogP contribution is 2.13. The van der Waals surface area contributed by atoms with Gasteiger partial charge in [0.2, 0.25) is 0 Å². The molecule has 0 spiro atoms. The lowest BCUT2D eigenvalue weighted by Gasteiger charge is -2.21. The quantitative estimate of drug-likeness (QED) is 0.699. The second kappa shape index (κ2) is 8.88. The van der Waals surface area contributed by atoms with Crippen LogP contribution in [0.25, 0.3) is 0 Å². The number of unbranched alkanes of at least 4 members (excludes halogenated alkanes) is 1. The zero-order valence-corrected chi connectivity index (χ0v) is 11.3. The Labute approximate surface area is 103 Å². The van der Waals surface area contributed by atoms with Crippen molar-refractivity contribution in [1.82, 2.24) is 5.32 Å². The molecule has 16 heavy (non-hydrogen) atoms. The Hall–Kier alpha value is -0.220. The highest BCUT2D eigenvalue weighted by atomic mass is 32.2. The SMILES string of the molecule is CCCCOCCCN=C1NC(C)CCS1. The molecule has 0 amide bonds. The van der Waals surface area contributed by atoms with Crippen LogP contribution >= 0.6 is 11.8 Å². The summed E-state index contributed by atoms with van der Waals surface area (Å²) in [6.07, 6.45) is 4.65. The number of ether oxygens (including phenoxy) is 1. The summed E-state index contributed by atoms with van der Waals surface area (Å²) in [4.78, 5) is 4.54. The molecule has 1 aliphatic heterocycles. The van der Waals surface area contributed by atoms with Gasteiger partial charge >= 0.3 is 0 Å². The number of thioether (sulfide) groups is 1. The number of aliphatic imine (C=N–C) groups is 1. The van der Waals surface area contributed by atoms with Crippen molar-refractivity contribution >= 4 is 16.9 Å². The summed E-state index contributed by atoms with van der Waals surface area (Å²) in [7, 11) is 0. The Balaban J connectivity index is 1.98. The maximum Gasteiger partial charge on any atom is 0.156 e. The van der Waals surface area contributed by atoms with Crippen LogP contribution in [0, 0.1) is 0 Å². The molecule has 0 aromatic carbocycles. The van der Waals surface area contributed by atoms with E-state index in [2.05, 4.69) is 24.2 Å². The molecule has 4 heteroatoms. The first-order valence-corrected chi connectivity index (χ1v) is 7.33. The summed E-state index contributed by atoms with van der Waals surface area (Å²) >= 11 is 1.84. The van der Waals surface area contributed by atoms with Crippen molar-refractivity contribution in [2.75, 3.05) is 25.5 Å². The lowest BCUT2D eigenvalue weighted by Crippen LogP contribution is -2.35. The summed E-state index contributed by atoms with van der Waals surface area (Å²) < 4.78 is 5.49. The van der Waals surface area contributed by atoms with Gasteiger partial charge in [0.15, 0.2) is 5.17 Å². The first-order chi connectivity index (χ1) is 7.83. The minimum atomic E-state index is 0.584. The molecule has 1 heterocycles. The van der Waals surface area contributed by atoms with Gasteiger partial charge in [0.05, 0.1) is 0 Å². The molecule has 94 valence electrons. The van der Waals surface area contributed by atoms with Gasteiger partial charge in [0.25, 0.3) is 0 Å². The Morgan fingerprint density at radius 1 is 1.44 bits per heavy atom. The number of hydrogen-bond donors (Lipinski definition) is 1. The topological polar surface area (TPSA) is 33.6 Å². The summed E-state index contributed by atoms with van der Waals surface area (Å²) in [5, 5.41) is 4.52. The molecule has 1 unspecified atom stereocenters. The monoisotopic (exact) mass is 244 g/mol. The second-order valence-electron chi connectivity index (χ2n) is 4.19. The van der Waals surface area contributed by atoms with Gasteiger partial charge in [-0.3, -0.25) is 4.99 Å². The van der Waals surface area contributed by atoms with Gasteiger partial charge in [-0.25, -0.2) is 0 Å². The zero-order chi connectivity index (χ0) is 11.6. The molecule has 3 nitrogen and oxygen atoms in total. The van der Waals surface area contributed by atoms with Crippen LogP contribution in [0.2, 0.25) is 0 Å². The van der Waals surface area contributed by atoms with E-state index in [9.17, 15) is 0 Å². The van der Waals surface area contributed by atoms with Crippen molar-refractivity contribution in [1.29, 1.82) is 0 Å². The van der Waals surface area contributed by atoms with Gasteiger partial charge in [0.1, 0.15) is 0 Å². The van der Waals surface area contributed by atoms with E-state index in [-0.39, 0.29) is 0 Å². The lowest BCUT2D eigenvalue weighted by atomic mass is 10.3. The predicted octanol–water partition coefficient (Wildman–Crippen LogP) is 2.66. The fourth-order valence-corrected chi connectivity index (χ4v) is 2.58. The molecule has 1 fully saturated rings. The Morgan fingerprint density at radius 2 is 2.25 bits per heavy atom. The Morgan fingerprint density at radius 3 is 3.00 bits per heavy atom. The van der Waals surface area contributed by atoms with Crippen LogP contribution in [0.4, 0.5) is 0 Å². The lowest BCUT2D eigenvalue weighted by molar-refractivity contribution is 0.130. The number of nitrogens with zero attached hydrogens (tertiary/aromatic N) is 1. The van der Waals surface area contributed by atoms with E-state index in [1.54, 1.807) is 0 Å². The van der Waals surface area contributed by atoms with E-state index in [1.807, 2.05) is 11.8 Å². The van der Waals surface area contributed by atoms with E-state index < -0.39 is 0 Å². The van der Waals surface area contributed by atoms with E-state index in [1.165, 1.54) is 25.0 Å². The van der Waals surface area contributed by atoms with Crippen molar-refractivity contribution in [3.8, 4) is 0 Å². The van der Waals surface area contributed by atoms with Crippen LogP contribution < -0.4 is 5.32 Å². The maximum atomic E-state index is 5.49. The molecule has 1 aliphatic rings. The molecule has 0 bridgehead atoms. The molecule has 0 aliphatic carbocycles. The maximum absolute atomic E-state index is 5.49. The fourth-order valence-electron chi connectivity index (χ4n) is 1.44. The summed E-state index contributed by atoms with van der Waals surface area (Å²) in [5.41, 5.74) is 0. The van der Waals surface area contributed by atoms with Gasteiger partial charge in [-0.2, -0.15) is 0 Å². The Bertz CT molecular complexity index is 209. The van der Waals surface area contributed by atoms with Crippen LogP contribution in [-0.2, 0) is 4.74 Å². The molecule has 1 atom stereocenters. The van der Waals surface area contributed by atoms with Crippen molar-refractivity contribution in [2.24, 2.45) is 4.99 Å². The predicted molar refractivity (Wildman–Crippen MR) is 72.3 cm³/mol. The molecule has 1 saturated heterocycles. The van der Waals surface area contributed by atoms with Gasteiger partial charge in [0, 0.05) is 31.6 Å². The van der Waals surface area contributed by atoms with Gasteiger partial charge in [-0.15, -0.1) is 0 Å². The molecule has 0 radical (unpaired) electrons. The van der Waals surface area contributed by atoms with E-state index in [0.29, 0.717) is 6.04 Å². The molecule has 1 N–H and O–H groups in total. The summed E-state index contributed by atoms with van der Waals surface area (Å²) in [5.74, 6) is 1.19. The zero-order valence-electron chi connectivity index (χ0n) is 10.5. The van der Waals surface area contributed by atoms with Gasteiger partial charge < -0.3 is 10.1 Å². The molecule has 0 saturated carbocycles.